The first kappa shape index (κ1) is 22.9. The van der Waals surface area contributed by atoms with Gasteiger partial charge in [-0.2, -0.15) is 4.31 Å². The summed E-state index contributed by atoms with van der Waals surface area (Å²) < 4.78 is 27.2. The zero-order chi connectivity index (χ0) is 23.7. The van der Waals surface area contributed by atoms with Crippen LogP contribution < -0.4 is 4.90 Å². The van der Waals surface area contributed by atoms with Crippen molar-refractivity contribution in [3.8, 4) is 0 Å². The Hall–Kier alpha value is -2.87. The van der Waals surface area contributed by atoms with Gasteiger partial charge in [0.05, 0.1) is 4.90 Å². The third kappa shape index (κ3) is 4.56. The minimum Gasteiger partial charge on any atom is -0.367 e. The van der Waals surface area contributed by atoms with E-state index in [0.717, 1.165) is 25.2 Å². The third-order valence-corrected chi connectivity index (χ3v) is 8.75. The second kappa shape index (κ2) is 9.41. The number of fused-ring (bicyclic) bond motifs is 1. The molecular weight excluding hydrogens is 470 g/mol. The summed E-state index contributed by atoms with van der Waals surface area (Å²) >= 11 is 5.88. The van der Waals surface area contributed by atoms with Crippen LogP contribution in [0.15, 0.2) is 77.7 Å². The summed E-state index contributed by atoms with van der Waals surface area (Å²) in [7, 11) is -3.60. The van der Waals surface area contributed by atoms with Gasteiger partial charge in [0.2, 0.25) is 10.0 Å². The van der Waals surface area contributed by atoms with Crippen LogP contribution in [-0.2, 0) is 23.0 Å². The molecule has 0 aromatic heterocycles. The highest BCUT2D eigenvalue weighted by Gasteiger charge is 2.30. The second-order valence-corrected chi connectivity index (χ2v) is 11.0. The van der Waals surface area contributed by atoms with E-state index in [4.69, 9.17) is 11.6 Å². The molecule has 3 aromatic rings. The Morgan fingerprint density at radius 1 is 0.765 bits per heavy atom. The first-order valence-electron chi connectivity index (χ1n) is 11.4. The number of amides is 1. The van der Waals surface area contributed by atoms with E-state index >= 15 is 0 Å². The van der Waals surface area contributed by atoms with Crippen LogP contribution in [0.2, 0.25) is 5.02 Å². The van der Waals surface area contributed by atoms with Gasteiger partial charge in [0.15, 0.2) is 0 Å². The van der Waals surface area contributed by atoms with Crippen LogP contribution in [0.25, 0.3) is 0 Å². The molecule has 0 bridgehead atoms. The molecule has 0 unspecified atom stereocenters. The van der Waals surface area contributed by atoms with E-state index in [0.29, 0.717) is 23.7 Å². The predicted molar refractivity (Wildman–Crippen MR) is 134 cm³/mol. The van der Waals surface area contributed by atoms with Crippen LogP contribution in [0.5, 0.6) is 0 Å². The van der Waals surface area contributed by atoms with Crippen molar-refractivity contribution in [2.24, 2.45) is 0 Å². The van der Waals surface area contributed by atoms with E-state index in [1.54, 1.807) is 17.0 Å². The molecule has 0 spiro atoms. The number of hydrogen-bond acceptors (Lipinski definition) is 4. The lowest BCUT2D eigenvalue weighted by Gasteiger charge is -2.34. The molecule has 1 amide bonds. The summed E-state index contributed by atoms with van der Waals surface area (Å²) in [6, 6.07) is 22.4. The summed E-state index contributed by atoms with van der Waals surface area (Å²) in [6.07, 6.45) is 1.01. The fraction of sp³-hybridized carbons (Fsp3) is 0.269. The number of hydrogen-bond donors (Lipinski definition) is 0. The molecule has 2 heterocycles. The SMILES string of the molecule is O=C(c1ccc(N2CCc3ccccc3C2)cc1)N1CCN(S(=O)(=O)c2ccc(Cl)cc2)CC1. The summed E-state index contributed by atoms with van der Waals surface area (Å²) in [5.41, 5.74) is 4.48. The first-order valence-corrected chi connectivity index (χ1v) is 13.2. The molecule has 0 saturated carbocycles. The molecule has 6 nitrogen and oxygen atoms in total. The highest BCUT2D eigenvalue weighted by atomic mass is 35.5. The van der Waals surface area contributed by atoms with Crippen LogP contribution in [0.1, 0.15) is 21.5 Å². The minimum atomic E-state index is -3.60. The number of halogens is 1. The summed E-state index contributed by atoms with van der Waals surface area (Å²) in [6.45, 7) is 3.07. The van der Waals surface area contributed by atoms with Crippen molar-refractivity contribution < 1.29 is 13.2 Å². The van der Waals surface area contributed by atoms with Crippen molar-refractivity contribution in [2.75, 3.05) is 37.6 Å². The number of nitrogens with zero attached hydrogens (tertiary/aromatic N) is 3. The molecular formula is C26H26ClN3O3S. The number of anilines is 1. The fourth-order valence-corrected chi connectivity index (χ4v) is 6.15. The zero-order valence-corrected chi connectivity index (χ0v) is 20.3. The molecule has 0 aliphatic carbocycles. The maximum absolute atomic E-state index is 13.0. The Morgan fingerprint density at radius 3 is 2.09 bits per heavy atom. The molecule has 0 atom stereocenters. The average Bonchev–Trinajstić information content (AvgIpc) is 2.88. The van der Waals surface area contributed by atoms with Gasteiger partial charge in [0.25, 0.3) is 5.91 Å². The van der Waals surface area contributed by atoms with E-state index in [1.807, 2.05) is 24.3 Å². The number of carbonyl (C=O) groups is 1. The molecule has 3 aromatic carbocycles. The fourth-order valence-electron chi connectivity index (χ4n) is 4.60. The highest BCUT2D eigenvalue weighted by molar-refractivity contribution is 7.89. The second-order valence-electron chi connectivity index (χ2n) is 8.64. The van der Waals surface area contributed by atoms with Crippen molar-refractivity contribution in [1.82, 2.24) is 9.21 Å². The van der Waals surface area contributed by atoms with E-state index in [-0.39, 0.29) is 23.9 Å². The largest absolute Gasteiger partial charge is 0.367 e. The Labute approximate surface area is 205 Å². The molecule has 34 heavy (non-hydrogen) atoms. The quantitative estimate of drug-likeness (QED) is 0.548. The number of sulfonamides is 1. The lowest BCUT2D eigenvalue weighted by Crippen LogP contribution is -2.50. The van der Waals surface area contributed by atoms with E-state index in [1.165, 1.54) is 27.6 Å². The van der Waals surface area contributed by atoms with Crippen molar-refractivity contribution in [3.05, 3.63) is 94.5 Å². The van der Waals surface area contributed by atoms with Crippen LogP contribution in [0.4, 0.5) is 5.69 Å². The van der Waals surface area contributed by atoms with E-state index in [9.17, 15) is 13.2 Å². The topological polar surface area (TPSA) is 60.9 Å². The van der Waals surface area contributed by atoms with Crippen molar-refractivity contribution in [2.45, 2.75) is 17.9 Å². The van der Waals surface area contributed by atoms with E-state index in [2.05, 4.69) is 29.2 Å². The molecule has 5 rings (SSSR count). The van der Waals surface area contributed by atoms with Gasteiger partial charge >= 0.3 is 0 Å². The van der Waals surface area contributed by atoms with Crippen LogP contribution >= 0.6 is 11.6 Å². The molecule has 176 valence electrons. The number of carbonyl (C=O) groups excluding carboxylic acids is 1. The Morgan fingerprint density at radius 2 is 1.41 bits per heavy atom. The minimum absolute atomic E-state index is 0.0703. The first-order chi connectivity index (χ1) is 16.4. The van der Waals surface area contributed by atoms with E-state index < -0.39 is 10.0 Å². The van der Waals surface area contributed by atoms with Gasteiger partial charge in [-0.25, -0.2) is 8.42 Å². The molecule has 2 aliphatic heterocycles. The molecule has 8 heteroatoms. The summed E-state index contributed by atoms with van der Waals surface area (Å²) in [5.74, 6) is -0.0703. The molecule has 0 radical (unpaired) electrons. The standard InChI is InChI=1S/C26H26ClN3O3S/c27-23-7-11-25(12-8-23)34(32,33)30-17-15-28(16-18-30)26(31)21-5-9-24(10-6-21)29-14-13-20-3-1-2-4-22(20)19-29/h1-12H,13-19H2. The van der Waals surface area contributed by atoms with Gasteiger partial charge < -0.3 is 9.80 Å². The molecule has 0 N–H and O–H groups in total. The van der Waals surface area contributed by atoms with Crippen molar-refractivity contribution in [1.29, 1.82) is 0 Å². The Balaban J connectivity index is 1.21. The summed E-state index contributed by atoms with van der Waals surface area (Å²) in [4.78, 5) is 17.3. The van der Waals surface area contributed by atoms with Gasteiger partial charge in [0.1, 0.15) is 0 Å². The van der Waals surface area contributed by atoms with Crippen LogP contribution in [0, 0.1) is 0 Å². The smallest absolute Gasteiger partial charge is 0.253 e. The van der Waals surface area contributed by atoms with Crippen molar-refractivity contribution >= 4 is 33.2 Å². The van der Waals surface area contributed by atoms with Gasteiger partial charge in [-0.15, -0.1) is 0 Å². The highest BCUT2D eigenvalue weighted by Crippen LogP contribution is 2.25. The third-order valence-electron chi connectivity index (χ3n) is 6.59. The Kier molecular flexibility index (Phi) is 6.34. The van der Waals surface area contributed by atoms with Gasteiger partial charge in [-0.1, -0.05) is 35.9 Å². The molecule has 1 saturated heterocycles. The van der Waals surface area contributed by atoms with Crippen LogP contribution in [-0.4, -0.2) is 56.3 Å². The van der Waals surface area contributed by atoms with Gasteiger partial charge in [-0.05, 0) is 66.1 Å². The average molecular weight is 496 g/mol. The summed E-state index contributed by atoms with van der Waals surface area (Å²) in [5, 5.41) is 0.491. The number of benzene rings is 3. The maximum Gasteiger partial charge on any atom is 0.253 e. The van der Waals surface area contributed by atoms with Gasteiger partial charge in [-0.3, -0.25) is 4.79 Å². The monoisotopic (exact) mass is 495 g/mol. The number of piperazine rings is 1. The normalized spacial score (nSPS) is 16.9. The Bertz CT molecular complexity index is 1290. The van der Waals surface area contributed by atoms with Crippen molar-refractivity contribution in [3.63, 3.8) is 0 Å². The number of rotatable bonds is 4. The lowest BCUT2D eigenvalue weighted by atomic mass is 9.99. The lowest BCUT2D eigenvalue weighted by molar-refractivity contribution is 0.0698. The molecule has 2 aliphatic rings. The van der Waals surface area contributed by atoms with Gasteiger partial charge in [0, 0.05) is 55.5 Å². The predicted octanol–water partition coefficient (Wildman–Crippen LogP) is 4.05. The zero-order valence-electron chi connectivity index (χ0n) is 18.7. The van der Waals surface area contributed by atoms with Crippen LogP contribution in [0.3, 0.4) is 0 Å². The maximum atomic E-state index is 13.0. The molecule has 1 fully saturated rings.